The third kappa shape index (κ3) is 4.16. The van der Waals surface area contributed by atoms with Crippen molar-refractivity contribution < 1.29 is 14.6 Å². The Hall–Kier alpha value is -3.31. The van der Waals surface area contributed by atoms with Crippen LogP contribution in [-0.4, -0.2) is 41.9 Å². The maximum Gasteiger partial charge on any atom is 0.390 e. The van der Waals surface area contributed by atoms with Crippen molar-refractivity contribution in [2.45, 2.75) is 32.9 Å². The molecule has 0 spiro atoms. The molecule has 1 N–H and O–H groups in total. The van der Waals surface area contributed by atoms with E-state index in [9.17, 15) is 25.0 Å². The fourth-order valence-corrected chi connectivity index (χ4v) is 2.30. The van der Waals surface area contributed by atoms with Gasteiger partial charge in [0, 0.05) is 6.54 Å². The van der Waals surface area contributed by atoms with Crippen LogP contribution in [-0.2, 0) is 11.3 Å². The van der Waals surface area contributed by atoms with Gasteiger partial charge in [0.25, 0.3) is 0 Å². The lowest BCUT2D eigenvalue weighted by molar-refractivity contribution is -0.389. The molecule has 12 nitrogen and oxygen atoms in total. The maximum absolute atomic E-state index is 12.3. The number of hydrogen-bond donors (Lipinski definition) is 1. The summed E-state index contributed by atoms with van der Waals surface area (Å²) in [5.74, 6) is -0.598. The summed E-state index contributed by atoms with van der Waals surface area (Å²) in [4.78, 5) is 32.5. The van der Waals surface area contributed by atoms with Crippen molar-refractivity contribution >= 4 is 17.4 Å². The van der Waals surface area contributed by atoms with Crippen molar-refractivity contribution in [3.8, 4) is 0 Å². The van der Waals surface area contributed by atoms with Gasteiger partial charge in [0.1, 0.15) is 18.4 Å². The first-order valence-corrected chi connectivity index (χ1v) is 7.48. The lowest BCUT2D eigenvalue weighted by Gasteiger charge is -2.14. The summed E-state index contributed by atoms with van der Waals surface area (Å²) in [6.45, 7) is 3.91. The van der Waals surface area contributed by atoms with Crippen molar-refractivity contribution in [2.75, 3.05) is 6.54 Å². The molecule has 0 aromatic carbocycles. The molecule has 1 atom stereocenters. The van der Waals surface area contributed by atoms with E-state index in [1.54, 1.807) is 13.8 Å². The number of nitro groups is 2. The molecule has 2 heterocycles. The van der Waals surface area contributed by atoms with Crippen LogP contribution in [0, 0.1) is 27.2 Å². The number of amides is 1. The van der Waals surface area contributed by atoms with Crippen LogP contribution in [0.1, 0.15) is 25.1 Å². The predicted molar refractivity (Wildman–Crippen MR) is 84.8 cm³/mol. The lowest BCUT2D eigenvalue weighted by atomic mass is 10.2. The van der Waals surface area contributed by atoms with E-state index in [-0.39, 0.29) is 30.5 Å². The molecule has 134 valence electrons. The summed E-state index contributed by atoms with van der Waals surface area (Å²) in [5.41, 5.74) is 0.418. The Labute approximate surface area is 141 Å². The van der Waals surface area contributed by atoms with Crippen LogP contribution in [0.3, 0.4) is 0 Å². The Balaban J connectivity index is 1.95. The zero-order valence-corrected chi connectivity index (χ0v) is 13.7. The fourth-order valence-electron chi connectivity index (χ4n) is 2.30. The second kappa shape index (κ2) is 7.51. The molecule has 12 heteroatoms. The zero-order valence-electron chi connectivity index (χ0n) is 13.7. The van der Waals surface area contributed by atoms with Gasteiger partial charge in [-0.3, -0.25) is 19.6 Å². The van der Waals surface area contributed by atoms with Gasteiger partial charge in [-0.1, -0.05) is 6.92 Å². The minimum absolute atomic E-state index is 0.189. The minimum atomic E-state index is -0.679. The molecule has 1 unspecified atom stereocenters. The van der Waals surface area contributed by atoms with E-state index in [1.807, 2.05) is 0 Å². The molecule has 2 aromatic rings. The molecule has 0 aliphatic rings. The van der Waals surface area contributed by atoms with Gasteiger partial charge in [-0.05, 0) is 18.3 Å². The number of carbonyl (C=O) groups excluding carboxylic acids is 1. The second-order valence-corrected chi connectivity index (χ2v) is 5.27. The van der Waals surface area contributed by atoms with Crippen LogP contribution in [0.4, 0.5) is 11.5 Å². The first kappa shape index (κ1) is 18.0. The van der Waals surface area contributed by atoms with Crippen LogP contribution in [0.25, 0.3) is 0 Å². The minimum Gasteiger partial charge on any atom is -0.358 e. The topological polar surface area (TPSA) is 151 Å². The van der Waals surface area contributed by atoms with Crippen LogP contribution in [0.2, 0.25) is 0 Å². The molecule has 2 rings (SSSR count). The van der Waals surface area contributed by atoms with Gasteiger partial charge in [-0.25, -0.2) is 0 Å². The van der Waals surface area contributed by atoms with Crippen molar-refractivity contribution in [3.63, 3.8) is 0 Å². The Bertz CT molecular complexity index is 797. The number of nitrogens with one attached hydrogen (secondary N) is 1. The maximum atomic E-state index is 12.3. The third-order valence-corrected chi connectivity index (χ3v) is 3.59. The predicted octanol–water partition coefficient (Wildman–Crippen LogP) is 0.972. The Morgan fingerprint density at radius 1 is 1.36 bits per heavy atom. The van der Waals surface area contributed by atoms with E-state index in [0.29, 0.717) is 12.1 Å². The number of nitrogens with zero attached hydrogens (tertiary/aromatic N) is 6. The van der Waals surface area contributed by atoms with E-state index < -0.39 is 15.9 Å². The molecule has 0 aliphatic heterocycles. The van der Waals surface area contributed by atoms with Gasteiger partial charge >= 0.3 is 11.5 Å². The molecule has 0 bridgehead atoms. The molecule has 0 fully saturated rings. The molecule has 0 saturated heterocycles. The first-order valence-electron chi connectivity index (χ1n) is 7.48. The highest BCUT2D eigenvalue weighted by atomic mass is 16.6. The number of aromatic nitrogens is 4. The molecule has 0 saturated carbocycles. The Morgan fingerprint density at radius 3 is 2.60 bits per heavy atom. The first-order chi connectivity index (χ1) is 11.8. The van der Waals surface area contributed by atoms with E-state index in [1.165, 1.54) is 21.6 Å². The van der Waals surface area contributed by atoms with E-state index in [0.717, 1.165) is 6.20 Å². The highest BCUT2D eigenvalue weighted by molar-refractivity contribution is 5.80. The summed E-state index contributed by atoms with van der Waals surface area (Å²) >= 11 is 0. The monoisotopic (exact) mass is 351 g/mol. The SMILES string of the molecule is CCC(C(=O)NCCn1nc([N+](=O)[O-])cc1C)n1cc([N+](=O)[O-])cn1. The highest BCUT2D eigenvalue weighted by Gasteiger charge is 2.22. The van der Waals surface area contributed by atoms with Gasteiger partial charge < -0.3 is 15.4 Å². The number of rotatable bonds is 8. The normalized spacial score (nSPS) is 11.9. The molecule has 0 radical (unpaired) electrons. The smallest absolute Gasteiger partial charge is 0.358 e. The summed E-state index contributed by atoms with van der Waals surface area (Å²) in [7, 11) is 0. The standard InChI is InChI=1S/C13H17N7O5/c1-3-11(18-8-10(7-15-18)19(22)23)13(21)14-4-5-17-9(2)6-12(16-17)20(24)25/h6-8,11H,3-5H2,1-2H3,(H,14,21). The second-order valence-electron chi connectivity index (χ2n) is 5.27. The van der Waals surface area contributed by atoms with Crippen molar-refractivity contribution in [1.82, 2.24) is 24.9 Å². The lowest BCUT2D eigenvalue weighted by Crippen LogP contribution is -2.34. The van der Waals surface area contributed by atoms with Crippen LogP contribution >= 0.6 is 0 Å². The van der Waals surface area contributed by atoms with Crippen LogP contribution < -0.4 is 5.32 Å². The van der Waals surface area contributed by atoms with Gasteiger partial charge in [0.2, 0.25) is 5.91 Å². The molecule has 25 heavy (non-hydrogen) atoms. The van der Waals surface area contributed by atoms with Crippen molar-refractivity contribution in [3.05, 3.63) is 44.4 Å². The van der Waals surface area contributed by atoms with Crippen LogP contribution in [0.5, 0.6) is 0 Å². The molecule has 0 aliphatic carbocycles. The number of hydrogen-bond acceptors (Lipinski definition) is 7. The molecule has 1 amide bonds. The summed E-state index contributed by atoms with van der Waals surface area (Å²) in [6.07, 6.45) is 2.69. The summed E-state index contributed by atoms with van der Waals surface area (Å²) < 4.78 is 2.68. The van der Waals surface area contributed by atoms with Crippen molar-refractivity contribution in [2.24, 2.45) is 0 Å². The number of carbonyl (C=O) groups is 1. The van der Waals surface area contributed by atoms with Gasteiger partial charge in [-0.2, -0.15) is 9.78 Å². The highest BCUT2D eigenvalue weighted by Crippen LogP contribution is 2.16. The largest absolute Gasteiger partial charge is 0.390 e. The summed E-state index contributed by atoms with van der Waals surface area (Å²) in [5, 5.41) is 31.8. The van der Waals surface area contributed by atoms with Gasteiger partial charge in [0.15, 0.2) is 0 Å². The van der Waals surface area contributed by atoms with Crippen LogP contribution in [0.15, 0.2) is 18.5 Å². The molecular formula is C13H17N7O5. The third-order valence-electron chi connectivity index (χ3n) is 3.59. The quantitative estimate of drug-likeness (QED) is 0.549. The van der Waals surface area contributed by atoms with Gasteiger partial charge in [-0.15, -0.1) is 0 Å². The zero-order chi connectivity index (χ0) is 18.6. The average Bonchev–Trinajstić information content (AvgIpc) is 3.16. The summed E-state index contributed by atoms with van der Waals surface area (Å²) in [6, 6.07) is 0.668. The van der Waals surface area contributed by atoms with Gasteiger partial charge in [0.05, 0.1) is 28.3 Å². The van der Waals surface area contributed by atoms with Crippen molar-refractivity contribution in [1.29, 1.82) is 0 Å². The molecular weight excluding hydrogens is 334 g/mol. The van der Waals surface area contributed by atoms with E-state index >= 15 is 0 Å². The molecule has 2 aromatic heterocycles. The van der Waals surface area contributed by atoms with E-state index in [2.05, 4.69) is 15.5 Å². The fraction of sp³-hybridized carbons (Fsp3) is 0.462. The Morgan fingerprint density at radius 2 is 2.08 bits per heavy atom. The Kier molecular flexibility index (Phi) is 5.41. The number of aryl methyl sites for hydroxylation is 1. The average molecular weight is 351 g/mol. The van der Waals surface area contributed by atoms with E-state index in [4.69, 9.17) is 0 Å².